The summed E-state index contributed by atoms with van der Waals surface area (Å²) < 4.78 is 42.8. The van der Waals surface area contributed by atoms with E-state index in [1.165, 1.54) is 24.8 Å². The average Bonchev–Trinajstić information content (AvgIpc) is 2.60. The lowest BCUT2D eigenvalue weighted by molar-refractivity contribution is -0.138. The number of rotatable bonds is 9. The first-order valence-electron chi connectivity index (χ1n) is 9.77. The van der Waals surface area contributed by atoms with E-state index in [4.69, 9.17) is 4.74 Å². The summed E-state index contributed by atoms with van der Waals surface area (Å²) in [4.78, 5) is 0. The molecule has 4 heteroatoms. The van der Waals surface area contributed by atoms with Gasteiger partial charge < -0.3 is 4.74 Å². The van der Waals surface area contributed by atoms with Crippen LogP contribution >= 0.6 is 0 Å². The van der Waals surface area contributed by atoms with Crippen molar-refractivity contribution in [1.29, 1.82) is 0 Å². The Morgan fingerprint density at radius 1 is 0.960 bits per heavy atom. The van der Waals surface area contributed by atoms with E-state index in [0.29, 0.717) is 12.3 Å². The predicted octanol–water partition coefficient (Wildman–Crippen LogP) is 7.26. The largest absolute Gasteiger partial charge is 0.494 e. The van der Waals surface area contributed by atoms with Gasteiger partial charge in [0.15, 0.2) is 0 Å². The maximum absolute atomic E-state index is 12.3. The van der Waals surface area contributed by atoms with E-state index in [9.17, 15) is 13.2 Å². The van der Waals surface area contributed by atoms with Crippen molar-refractivity contribution in [2.24, 2.45) is 5.92 Å². The van der Waals surface area contributed by atoms with Crippen molar-refractivity contribution >= 4 is 0 Å². The summed E-state index contributed by atoms with van der Waals surface area (Å²) in [6.45, 7) is 2.97. The lowest BCUT2D eigenvalue weighted by Gasteiger charge is -2.29. The van der Waals surface area contributed by atoms with Crippen molar-refractivity contribution in [3.05, 3.63) is 29.8 Å². The number of hydrogen-bond donors (Lipinski definition) is 0. The van der Waals surface area contributed by atoms with E-state index < -0.39 is 12.6 Å². The van der Waals surface area contributed by atoms with Gasteiger partial charge in [-0.05, 0) is 68.1 Å². The van der Waals surface area contributed by atoms with Crippen molar-refractivity contribution < 1.29 is 17.9 Å². The molecule has 0 saturated heterocycles. The number of alkyl halides is 3. The number of hydrogen-bond acceptors (Lipinski definition) is 1. The topological polar surface area (TPSA) is 9.23 Å². The number of unbranched alkanes of at least 4 members (excludes halogenated alkanes) is 3. The van der Waals surface area contributed by atoms with Crippen LogP contribution in [0.5, 0.6) is 5.75 Å². The van der Waals surface area contributed by atoms with Crippen LogP contribution in [0.15, 0.2) is 24.3 Å². The van der Waals surface area contributed by atoms with Gasteiger partial charge in [0.05, 0.1) is 6.61 Å². The molecule has 1 aromatic carbocycles. The molecule has 1 aromatic rings. The van der Waals surface area contributed by atoms with Gasteiger partial charge in [0.1, 0.15) is 5.75 Å². The third-order valence-electron chi connectivity index (χ3n) is 5.30. The summed E-state index contributed by atoms with van der Waals surface area (Å²) in [6, 6.07) is 8.32. The van der Waals surface area contributed by atoms with Gasteiger partial charge in [-0.2, -0.15) is 13.2 Å². The normalized spacial score (nSPS) is 21.3. The van der Waals surface area contributed by atoms with Crippen LogP contribution in [0.2, 0.25) is 0 Å². The molecular formula is C21H31F3O. The van der Waals surface area contributed by atoms with Gasteiger partial charge in [-0.15, -0.1) is 0 Å². The van der Waals surface area contributed by atoms with E-state index >= 15 is 0 Å². The van der Waals surface area contributed by atoms with Crippen molar-refractivity contribution in [3.8, 4) is 5.75 Å². The quantitative estimate of drug-likeness (QED) is 0.423. The minimum absolute atomic E-state index is 0.239. The summed E-state index contributed by atoms with van der Waals surface area (Å²) in [5, 5.41) is 0. The smallest absolute Gasteiger partial charge is 0.389 e. The molecule has 0 heterocycles. The van der Waals surface area contributed by atoms with Crippen LogP contribution in [-0.2, 0) is 0 Å². The number of ether oxygens (including phenoxy) is 1. The summed E-state index contributed by atoms with van der Waals surface area (Å²) in [7, 11) is 0. The zero-order valence-corrected chi connectivity index (χ0v) is 15.3. The summed E-state index contributed by atoms with van der Waals surface area (Å²) in [5.41, 5.74) is 1.30. The van der Waals surface area contributed by atoms with Gasteiger partial charge >= 0.3 is 6.18 Å². The summed E-state index contributed by atoms with van der Waals surface area (Å²) in [5.74, 6) is 1.64. The molecular weight excluding hydrogens is 325 g/mol. The Labute approximate surface area is 150 Å². The van der Waals surface area contributed by atoms with Crippen molar-refractivity contribution in [2.75, 3.05) is 6.61 Å². The SMILES string of the molecule is CCCCCCOc1ccc(C2CCC(CCC(F)(F)F)CC2)cc1. The molecule has 0 unspecified atom stereocenters. The van der Waals surface area contributed by atoms with E-state index in [0.717, 1.165) is 44.5 Å². The predicted molar refractivity (Wildman–Crippen MR) is 96.1 cm³/mol. The molecule has 2 rings (SSSR count). The molecule has 1 saturated carbocycles. The van der Waals surface area contributed by atoms with Gasteiger partial charge in [0.2, 0.25) is 0 Å². The molecule has 1 nitrogen and oxygen atoms in total. The highest BCUT2D eigenvalue weighted by Gasteiger charge is 2.30. The van der Waals surface area contributed by atoms with E-state index in [1.54, 1.807) is 0 Å². The second-order valence-electron chi connectivity index (χ2n) is 7.35. The highest BCUT2D eigenvalue weighted by molar-refractivity contribution is 5.29. The van der Waals surface area contributed by atoms with Gasteiger partial charge in [0.25, 0.3) is 0 Å². The van der Waals surface area contributed by atoms with Crippen LogP contribution in [0, 0.1) is 5.92 Å². The fraction of sp³-hybridized carbons (Fsp3) is 0.714. The Kier molecular flexibility index (Phi) is 8.11. The average molecular weight is 356 g/mol. The van der Waals surface area contributed by atoms with Gasteiger partial charge in [-0.3, -0.25) is 0 Å². The summed E-state index contributed by atoms with van der Waals surface area (Å²) >= 11 is 0. The Bertz CT molecular complexity index is 473. The van der Waals surface area contributed by atoms with Gasteiger partial charge in [0, 0.05) is 6.42 Å². The second kappa shape index (κ2) is 10.1. The number of halogens is 3. The van der Waals surface area contributed by atoms with Crippen LogP contribution in [0.1, 0.15) is 82.6 Å². The fourth-order valence-electron chi connectivity index (χ4n) is 3.71. The summed E-state index contributed by atoms with van der Waals surface area (Å²) in [6.07, 6.45) is 4.27. The Morgan fingerprint density at radius 2 is 1.64 bits per heavy atom. The molecule has 142 valence electrons. The Hall–Kier alpha value is -1.19. The third kappa shape index (κ3) is 7.70. The molecule has 0 aliphatic heterocycles. The molecule has 0 aromatic heterocycles. The van der Waals surface area contributed by atoms with Gasteiger partial charge in [-0.25, -0.2) is 0 Å². The van der Waals surface area contributed by atoms with E-state index in [2.05, 4.69) is 19.1 Å². The second-order valence-corrected chi connectivity index (χ2v) is 7.35. The highest BCUT2D eigenvalue weighted by Crippen LogP contribution is 2.39. The van der Waals surface area contributed by atoms with Crippen LogP contribution in [0.25, 0.3) is 0 Å². The maximum Gasteiger partial charge on any atom is 0.389 e. The van der Waals surface area contributed by atoms with Crippen LogP contribution < -0.4 is 4.74 Å². The maximum atomic E-state index is 12.3. The highest BCUT2D eigenvalue weighted by atomic mass is 19.4. The van der Waals surface area contributed by atoms with Crippen LogP contribution in [0.4, 0.5) is 13.2 Å². The minimum Gasteiger partial charge on any atom is -0.494 e. The molecule has 0 radical (unpaired) electrons. The number of benzene rings is 1. The van der Waals surface area contributed by atoms with Crippen LogP contribution in [0.3, 0.4) is 0 Å². The van der Waals surface area contributed by atoms with Gasteiger partial charge in [-0.1, -0.05) is 38.3 Å². The fourth-order valence-corrected chi connectivity index (χ4v) is 3.71. The first-order chi connectivity index (χ1) is 12.0. The Balaban J connectivity index is 1.70. The van der Waals surface area contributed by atoms with E-state index in [-0.39, 0.29) is 5.92 Å². The lowest BCUT2D eigenvalue weighted by atomic mass is 9.77. The minimum atomic E-state index is -4.01. The van der Waals surface area contributed by atoms with Crippen LogP contribution in [-0.4, -0.2) is 12.8 Å². The monoisotopic (exact) mass is 356 g/mol. The zero-order valence-electron chi connectivity index (χ0n) is 15.3. The zero-order chi connectivity index (χ0) is 18.1. The third-order valence-corrected chi connectivity index (χ3v) is 5.30. The molecule has 1 aliphatic carbocycles. The first-order valence-corrected chi connectivity index (χ1v) is 9.77. The molecule has 1 fully saturated rings. The molecule has 0 spiro atoms. The molecule has 0 N–H and O–H groups in total. The molecule has 0 bridgehead atoms. The van der Waals surface area contributed by atoms with Crippen molar-refractivity contribution in [2.45, 2.75) is 83.2 Å². The lowest BCUT2D eigenvalue weighted by Crippen LogP contribution is -2.16. The Morgan fingerprint density at radius 3 is 2.24 bits per heavy atom. The molecule has 0 atom stereocenters. The molecule has 1 aliphatic rings. The van der Waals surface area contributed by atoms with Crippen molar-refractivity contribution in [3.63, 3.8) is 0 Å². The molecule has 25 heavy (non-hydrogen) atoms. The van der Waals surface area contributed by atoms with Crippen molar-refractivity contribution in [1.82, 2.24) is 0 Å². The first kappa shape index (κ1) is 20.1. The standard InChI is InChI=1S/C21H31F3O/c1-2-3-4-5-16-25-20-12-10-19(11-13-20)18-8-6-17(7-9-18)14-15-21(22,23)24/h10-13,17-18H,2-9,14-16H2,1H3. The molecule has 0 amide bonds. The van der Waals surface area contributed by atoms with E-state index in [1.807, 2.05) is 12.1 Å².